The summed E-state index contributed by atoms with van der Waals surface area (Å²) in [6, 6.07) is 1.75. The molecule has 1 aliphatic carbocycles. The average Bonchev–Trinajstić information content (AvgIpc) is 2.18. The molecule has 0 saturated heterocycles. The van der Waals surface area contributed by atoms with Crippen LogP contribution in [0.2, 0.25) is 0 Å². The number of aliphatic carboxylic acids is 1. The largest absolute Gasteiger partial charge is 0.481 e. The van der Waals surface area contributed by atoms with E-state index in [0.717, 1.165) is 36.9 Å². The van der Waals surface area contributed by atoms with Gasteiger partial charge in [-0.15, -0.1) is 0 Å². The second kappa shape index (κ2) is 3.88. The van der Waals surface area contributed by atoms with Crippen LogP contribution in [-0.4, -0.2) is 16.1 Å². The third-order valence-electron chi connectivity index (χ3n) is 2.76. The maximum Gasteiger partial charge on any atom is 0.308 e. The number of pyridine rings is 1. The molecule has 1 heterocycles. The lowest BCUT2D eigenvalue weighted by Gasteiger charge is -2.15. The number of hydrogen-bond donors (Lipinski definition) is 2. The zero-order chi connectivity index (χ0) is 10.8. The number of carboxylic acids is 1. The predicted molar refractivity (Wildman–Crippen MR) is 55.0 cm³/mol. The highest BCUT2D eigenvalue weighted by Crippen LogP contribution is 2.18. The van der Waals surface area contributed by atoms with Crippen molar-refractivity contribution in [2.75, 3.05) is 0 Å². The third-order valence-corrected chi connectivity index (χ3v) is 2.76. The summed E-state index contributed by atoms with van der Waals surface area (Å²) in [6.45, 7) is 0. The first-order valence-electron chi connectivity index (χ1n) is 5.12. The first kappa shape index (κ1) is 9.96. The van der Waals surface area contributed by atoms with E-state index in [9.17, 15) is 9.59 Å². The van der Waals surface area contributed by atoms with Crippen LogP contribution in [0.5, 0.6) is 0 Å². The van der Waals surface area contributed by atoms with Gasteiger partial charge in [-0.3, -0.25) is 9.59 Å². The number of fused-ring (bicyclic) bond motifs is 1. The number of nitrogens with one attached hydrogen (secondary N) is 1. The quantitative estimate of drug-likeness (QED) is 0.756. The molecule has 0 saturated carbocycles. The molecule has 0 fully saturated rings. The molecule has 2 N–H and O–H groups in total. The van der Waals surface area contributed by atoms with Gasteiger partial charge >= 0.3 is 5.97 Å². The number of carboxylic acid groups (broad SMARTS) is 1. The fourth-order valence-electron chi connectivity index (χ4n) is 2.02. The molecule has 0 amide bonds. The van der Waals surface area contributed by atoms with Crippen LogP contribution in [0.3, 0.4) is 0 Å². The van der Waals surface area contributed by atoms with Crippen molar-refractivity contribution >= 4 is 5.97 Å². The van der Waals surface area contributed by atoms with Gasteiger partial charge in [0, 0.05) is 11.3 Å². The van der Waals surface area contributed by atoms with Crippen LogP contribution >= 0.6 is 0 Å². The number of aromatic amines is 1. The molecular formula is C11H13NO3. The van der Waals surface area contributed by atoms with Gasteiger partial charge in [0.2, 0.25) is 0 Å². The molecule has 1 aromatic heterocycles. The molecule has 15 heavy (non-hydrogen) atoms. The lowest BCUT2D eigenvalue weighted by Crippen LogP contribution is -2.21. The first-order valence-corrected chi connectivity index (χ1v) is 5.12. The Morgan fingerprint density at radius 1 is 1.40 bits per heavy atom. The van der Waals surface area contributed by atoms with Gasteiger partial charge < -0.3 is 10.1 Å². The summed E-state index contributed by atoms with van der Waals surface area (Å²) in [7, 11) is 0. The number of H-pyrrole nitrogens is 1. The second-order valence-electron chi connectivity index (χ2n) is 3.91. The van der Waals surface area contributed by atoms with Crippen LogP contribution in [0.15, 0.2) is 10.9 Å². The Kier molecular flexibility index (Phi) is 2.58. The highest BCUT2D eigenvalue weighted by Gasteiger charge is 2.13. The minimum atomic E-state index is -0.962. The summed E-state index contributed by atoms with van der Waals surface area (Å²) in [5.74, 6) is -0.962. The summed E-state index contributed by atoms with van der Waals surface area (Å²) >= 11 is 0. The van der Waals surface area contributed by atoms with Crippen molar-refractivity contribution in [1.29, 1.82) is 0 Å². The number of carbonyl (C=O) groups is 1. The summed E-state index contributed by atoms with van der Waals surface area (Å²) in [4.78, 5) is 24.8. The normalized spacial score (nSPS) is 14.7. The minimum absolute atomic E-state index is 0.192. The number of aromatic nitrogens is 1. The Bertz CT molecular complexity index is 448. The summed E-state index contributed by atoms with van der Waals surface area (Å²) in [5.41, 5.74) is 2.21. The van der Waals surface area contributed by atoms with E-state index < -0.39 is 5.97 Å². The lowest BCUT2D eigenvalue weighted by atomic mass is 9.94. The Morgan fingerprint density at radius 3 is 2.87 bits per heavy atom. The van der Waals surface area contributed by atoms with Gasteiger partial charge in [0.1, 0.15) is 0 Å². The molecule has 4 heteroatoms. The Labute approximate surface area is 87.0 Å². The Morgan fingerprint density at radius 2 is 2.13 bits per heavy atom. The highest BCUT2D eigenvalue weighted by atomic mass is 16.4. The maximum atomic E-state index is 11.5. The maximum absolute atomic E-state index is 11.5. The zero-order valence-corrected chi connectivity index (χ0v) is 8.38. The van der Waals surface area contributed by atoms with E-state index in [0.29, 0.717) is 5.56 Å². The molecule has 1 aliphatic rings. The van der Waals surface area contributed by atoms with Crippen LogP contribution in [0.4, 0.5) is 0 Å². The van der Waals surface area contributed by atoms with Gasteiger partial charge in [0.15, 0.2) is 0 Å². The Hall–Kier alpha value is -1.58. The zero-order valence-electron chi connectivity index (χ0n) is 8.38. The summed E-state index contributed by atoms with van der Waals surface area (Å²) < 4.78 is 0. The SMILES string of the molecule is O=C(O)Cc1cc2c([nH]c1=O)CCCC2. The van der Waals surface area contributed by atoms with Crippen molar-refractivity contribution in [2.24, 2.45) is 0 Å². The van der Waals surface area contributed by atoms with Crippen molar-refractivity contribution in [3.05, 3.63) is 33.2 Å². The van der Waals surface area contributed by atoms with E-state index in [4.69, 9.17) is 5.11 Å². The Balaban J connectivity index is 2.40. The van der Waals surface area contributed by atoms with E-state index in [1.165, 1.54) is 0 Å². The van der Waals surface area contributed by atoms with E-state index >= 15 is 0 Å². The van der Waals surface area contributed by atoms with E-state index in [2.05, 4.69) is 4.98 Å². The van der Waals surface area contributed by atoms with Crippen molar-refractivity contribution in [2.45, 2.75) is 32.1 Å². The van der Waals surface area contributed by atoms with Crippen molar-refractivity contribution in [3.63, 3.8) is 0 Å². The third kappa shape index (κ3) is 2.09. The summed E-state index contributed by atoms with van der Waals surface area (Å²) in [6.07, 6.45) is 3.87. The van der Waals surface area contributed by atoms with Crippen LogP contribution in [0.25, 0.3) is 0 Å². The minimum Gasteiger partial charge on any atom is -0.481 e. The molecule has 80 valence electrons. The van der Waals surface area contributed by atoms with Crippen molar-refractivity contribution in [3.8, 4) is 0 Å². The second-order valence-corrected chi connectivity index (χ2v) is 3.91. The molecule has 0 bridgehead atoms. The number of rotatable bonds is 2. The fraction of sp³-hybridized carbons (Fsp3) is 0.455. The van der Waals surface area contributed by atoms with Crippen LogP contribution < -0.4 is 5.56 Å². The average molecular weight is 207 g/mol. The molecular weight excluding hydrogens is 194 g/mol. The van der Waals surface area contributed by atoms with E-state index in [1.54, 1.807) is 6.07 Å². The molecule has 0 radical (unpaired) electrons. The van der Waals surface area contributed by atoms with Crippen LogP contribution in [0, 0.1) is 0 Å². The molecule has 4 nitrogen and oxygen atoms in total. The van der Waals surface area contributed by atoms with Gasteiger partial charge in [-0.2, -0.15) is 0 Å². The van der Waals surface area contributed by atoms with E-state index in [1.807, 2.05) is 0 Å². The molecule has 0 aliphatic heterocycles. The van der Waals surface area contributed by atoms with Crippen LogP contribution in [0.1, 0.15) is 29.7 Å². The smallest absolute Gasteiger partial charge is 0.308 e. The molecule has 2 rings (SSSR count). The monoisotopic (exact) mass is 207 g/mol. The molecule has 0 spiro atoms. The van der Waals surface area contributed by atoms with Gasteiger partial charge in [-0.05, 0) is 37.3 Å². The fourth-order valence-corrected chi connectivity index (χ4v) is 2.02. The summed E-state index contributed by atoms with van der Waals surface area (Å²) in [5, 5.41) is 8.64. The molecule has 1 aromatic rings. The number of hydrogen-bond acceptors (Lipinski definition) is 2. The topological polar surface area (TPSA) is 70.2 Å². The van der Waals surface area contributed by atoms with Crippen molar-refractivity contribution < 1.29 is 9.90 Å². The lowest BCUT2D eigenvalue weighted by molar-refractivity contribution is -0.136. The van der Waals surface area contributed by atoms with Gasteiger partial charge in [-0.25, -0.2) is 0 Å². The van der Waals surface area contributed by atoms with Crippen LogP contribution in [-0.2, 0) is 24.1 Å². The van der Waals surface area contributed by atoms with E-state index in [-0.39, 0.29) is 12.0 Å². The highest BCUT2D eigenvalue weighted by molar-refractivity contribution is 5.70. The molecule has 0 aromatic carbocycles. The first-order chi connectivity index (χ1) is 7.16. The van der Waals surface area contributed by atoms with Gasteiger partial charge in [0.25, 0.3) is 5.56 Å². The number of aryl methyl sites for hydroxylation is 2. The van der Waals surface area contributed by atoms with Crippen molar-refractivity contribution in [1.82, 2.24) is 4.98 Å². The standard InChI is InChI=1S/C11H13NO3/c13-10(14)6-8-5-7-3-1-2-4-9(7)12-11(8)15/h5H,1-4,6H2,(H,12,15)(H,13,14). The predicted octanol–water partition coefficient (Wildman–Crippen LogP) is 0.881. The molecule has 0 unspecified atom stereocenters. The van der Waals surface area contributed by atoms with Gasteiger partial charge in [0.05, 0.1) is 6.42 Å². The van der Waals surface area contributed by atoms with Gasteiger partial charge in [-0.1, -0.05) is 0 Å². The molecule has 0 atom stereocenters.